The Morgan fingerprint density at radius 3 is 2.72 bits per heavy atom. The zero-order valence-electron chi connectivity index (χ0n) is 14.0. The summed E-state index contributed by atoms with van der Waals surface area (Å²) < 4.78 is 5.72. The van der Waals surface area contributed by atoms with Gasteiger partial charge in [-0.25, -0.2) is 0 Å². The fourth-order valence-electron chi connectivity index (χ4n) is 2.45. The summed E-state index contributed by atoms with van der Waals surface area (Å²) >= 11 is 7.65. The van der Waals surface area contributed by atoms with Crippen LogP contribution in [0.4, 0.5) is 0 Å². The Labute approximate surface area is 155 Å². The zero-order valence-corrected chi connectivity index (χ0v) is 15.6. The fraction of sp³-hybridized carbons (Fsp3) is 0.278. The van der Waals surface area contributed by atoms with Gasteiger partial charge in [0.15, 0.2) is 0 Å². The van der Waals surface area contributed by atoms with E-state index in [1.54, 1.807) is 11.0 Å². The summed E-state index contributed by atoms with van der Waals surface area (Å²) in [6.45, 7) is 4.92. The van der Waals surface area contributed by atoms with E-state index in [0.29, 0.717) is 28.9 Å². The number of nitrogens with zero attached hydrogens (tertiary/aromatic N) is 3. The maximum absolute atomic E-state index is 12.7. The summed E-state index contributed by atoms with van der Waals surface area (Å²) in [7, 11) is 0. The first-order chi connectivity index (χ1) is 12.1. The molecule has 1 amide bonds. The van der Waals surface area contributed by atoms with E-state index in [-0.39, 0.29) is 12.5 Å². The third-order valence-corrected chi connectivity index (χ3v) is 4.95. The Bertz CT molecular complexity index is 875. The molecule has 0 spiro atoms. The van der Waals surface area contributed by atoms with Gasteiger partial charge in [-0.05, 0) is 37.6 Å². The molecule has 0 N–H and O–H groups in total. The first kappa shape index (κ1) is 17.6. The molecule has 0 radical (unpaired) electrons. The second-order valence-corrected chi connectivity index (χ2v) is 7.31. The number of carbonyl (C=O) groups is 1. The highest BCUT2D eigenvalue weighted by Crippen LogP contribution is 2.26. The highest BCUT2D eigenvalue weighted by atomic mass is 35.5. The van der Waals surface area contributed by atoms with Crippen LogP contribution in [0.1, 0.15) is 33.8 Å². The average molecular weight is 376 g/mol. The molecule has 5 nitrogen and oxygen atoms in total. The summed E-state index contributed by atoms with van der Waals surface area (Å²) in [5, 5.41) is 8.68. The second-order valence-electron chi connectivity index (χ2n) is 5.62. The van der Waals surface area contributed by atoms with Crippen molar-refractivity contribution >= 4 is 28.8 Å². The monoisotopic (exact) mass is 375 g/mol. The lowest BCUT2D eigenvalue weighted by atomic mass is 10.2. The van der Waals surface area contributed by atoms with Crippen molar-refractivity contribution in [2.45, 2.75) is 26.8 Å². The number of benzene rings is 1. The van der Waals surface area contributed by atoms with Gasteiger partial charge < -0.3 is 9.32 Å². The van der Waals surface area contributed by atoms with Crippen LogP contribution < -0.4 is 0 Å². The molecule has 0 aliphatic carbocycles. The first-order valence-corrected chi connectivity index (χ1v) is 9.21. The number of carbonyl (C=O) groups excluding carboxylic acids is 1. The van der Waals surface area contributed by atoms with E-state index < -0.39 is 0 Å². The van der Waals surface area contributed by atoms with E-state index in [0.717, 1.165) is 16.2 Å². The van der Waals surface area contributed by atoms with Crippen molar-refractivity contribution in [3.8, 4) is 11.5 Å². The van der Waals surface area contributed by atoms with Gasteiger partial charge >= 0.3 is 0 Å². The summed E-state index contributed by atoms with van der Waals surface area (Å²) in [6, 6.07) is 11.1. The topological polar surface area (TPSA) is 59.2 Å². The minimum Gasteiger partial charge on any atom is -0.419 e. The fourth-order valence-corrected chi connectivity index (χ4v) is 3.50. The van der Waals surface area contributed by atoms with Crippen LogP contribution in [-0.4, -0.2) is 27.5 Å². The zero-order chi connectivity index (χ0) is 17.8. The molecule has 2 aromatic heterocycles. The minimum absolute atomic E-state index is 0.0163. The third kappa shape index (κ3) is 4.08. The number of aryl methyl sites for hydroxylation is 1. The van der Waals surface area contributed by atoms with Crippen molar-refractivity contribution in [2.75, 3.05) is 6.54 Å². The van der Waals surface area contributed by atoms with Crippen LogP contribution in [-0.2, 0) is 6.54 Å². The lowest BCUT2D eigenvalue weighted by Crippen LogP contribution is -2.30. The smallest absolute Gasteiger partial charge is 0.264 e. The second kappa shape index (κ2) is 7.80. The van der Waals surface area contributed by atoms with Gasteiger partial charge in [-0.2, -0.15) is 0 Å². The minimum atomic E-state index is -0.0163. The van der Waals surface area contributed by atoms with Gasteiger partial charge in [-0.3, -0.25) is 4.79 Å². The first-order valence-electron chi connectivity index (χ1n) is 8.01. The normalized spacial score (nSPS) is 10.8. The molecular weight excluding hydrogens is 358 g/mol. The molecule has 0 bridgehead atoms. The van der Waals surface area contributed by atoms with Gasteiger partial charge in [0.25, 0.3) is 5.91 Å². The number of rotatable bonds is 6. The summed E-state index contributed by atoms with van der Waals surface area (Å²) in [5.41, 5.74) is 0.685. The third-order valence-electron chi connectivity index (χ3n) is 3.63. The quantitative estimate of drug-likeness (QED) is 0.620. The highest BCUT2D eigenvalue weighted by Gasteiger charge is 2.20. The number of hydrogen-bond donors (Lipinski definition) is 0. The van der Waals surface area contributed by atoms with Crippen LogP contribution in [0, 0.1) is 6.92 Å². The molecule has 0 atom stereocenters. The van der Waals surface area contributed by atoms with Gasteiger partial charge in [-0.15, -0.1) is 21.5 Å². The van der Waals surface area contributed by atoms with Gasteiger partial charge in [0.1, 0.15) is 0 Å². The van der Waals surface area contributed by atoms with Crippen molar-refractivity contribution in [1.29, 1.82) is 0 Å². The molecule has 0 aliphatic heterocycles. The van der Waals surface area contributed by atoms with E-state index in [9.17, 15) is 4.79 Å². The van der Waals surface area contributed by atoms with Crippen LogP contribution >= 0.6 is 22.9 Å². The standard InChI is InChI=1S/C18H18ClN3O2S/c1-3-10-22(18(23)15-9-8-12(2)25-15)11-16-20-21-17(24-16)13-6-4-5-7-14(13)19/h4-9H,3,10-11H2,1-2H3. The molecule has 3 aromatic rings. The molecule has 2 heterocycles. The number of aromatic nitrogens is 2. The summed E-state index contributed by atoms with van der Waals surface area (Å²) in [4.78, 5) is 16.3. The Morgan fingerprint density at radius 1 is 1.24 bits per heavy atom. The summed E-state index contributed by atoms with van der Waals surface area (Å²) in [5.74, 6) is 0.735. The number of thiophene rings is 1. The molecule has 1 aromatic carbocycles. The maximum atomic E-state index is 12.7. The van der Waals surface area contributed by atoms with E-state index in [1.165, 1.54) is 11.3 Å². The number of amides is 1. The Hall–Kier alpha value is -2.18. The van der Waals surface area contributed by atoms with E-state index in [4.69, 9.17) is 16.0 Å². The molecule has 0 fully saturated rings. The molecule has 7 heteroatoms. The SMILES string of the molecule is CCCN(Cc1nnc(-c2ccccc2Cl)o1)C(=O)c1ccc(C)s1. The number of halogens is 1. The van der Waals surface area contributed by atoms with E-state index in [1.807, 2.05) is 44.2 Å². The number of hydrogen-bond acceptors (Lipinski definition) is 5. The predicted octanol–water partition coefficient (Wildman–Crippen LogP) is 4.81. The Morgan fingerprint density at radius 2 is 2.04 bits per heavy atom. The molecular formula is C18H18ClN3O2S. The lowest BCUT2D eigenvalue weighted by Gasteiger charge is -2.19. The summed E-state index contributed by atoms with van der Waals surface area (Å²) in [6.07, 6.45) is 0.849. The van der Waals surface area contributed by atoms with Gasteiger partial charge in [0.05, 0.1) is 22.0 Å². The Balaban J connectivity index is 1.79. The van der Waals surface area contributed by atoms with Crippen LogP contribution in [0.2, 0.25) is 5.02 Å². The molecule has 0 saturated carbocycles. The largest absolute Gasteiger partial charge is 0.419 e. The van der Waals surface area contributed by atoms with Gasteiger partial charge in [0, 0.05) is 11.4 Å². The molecule has 130 valence electrons. The van der Waals surface area contributed by atoms with Crippen molar-refractivity contribution in [1.82, 2.24) is 15.1 Å². The van der Waals surface area contributed by atoms with Crippen molar-refractivity contribution in [3.63, 3.8) is 0 Å². The van der Waals surface area contributed by atoms with Crippen molar-refractivity contribution in [2.24, 2.45) is 0 Å². The highest BCUT2D eigenvalue weighted by molar-refractivity contribution is 7.13. The molecule has 0 aliphatic rings. The lowest BCUT2D eigenvalue weighted by molar-refractivity contribution is 0.0733. The van der Waals surface area contributed by atoms with Gasteiger partial charge in [-0.1, -0.05) is 30.7 Å². The van der Waals surface area contributed by atoms with Crippen molar-refractivity contribution < 1.29 is 9.21 Å². The van der Waals surface area contributed by atoms with E-state index >= 15 is 0 Å². The Kier molecular flexibility index (Phi) is 5.50. The van der Waals surface area contributed by atoms with Crippen LogP contribution in [0.3, 0.4) is 0 Å². The molecule has 25 heavy (non-hydrogen) atoms. The molecule has 0 saturated heterocycles. The van der Waals surface area contributed by atoms with Crippen LogP contribution in [0.15, 0.2) is 40.8 Å². The molecule has 0 unspecified atom stereocenters. The maximum Gasteiger partial charge on any atom is 0.264 e. The molecule has 3 rings (SSSR count). The van der Waals surface area contributed by atoms with Crippen molar-refractivity contribution in [3.05, 3.63) is 57.1 Å². The van der Waals surface area contributed by atoms with Crippen LogP contribution in [0.5, 0.6) is 0 Å². The average Bonchev–Trinajstić information content (AvgIpc) is 3.23. The van der Waals surface area contributed by atoms with Gasteiger partial charge in [0.2, 0.25) is 11.8 Å². The predicted molar refractivity (Wildman–Crippen MR) is 98.8 cm³/mol. The van der Waals surface area contributed by atoms with E-state index in [2.05, 4.69) is 10.2 Å². The van der Waals surface area contributed by atoms with Crippen LogP contribution in [0.25, 0.3) is 11.5 Å².